The Hall–Kier alpha value is -1.55. The minimum absolute atomic E-state index is 0.0369. The Labute approximate surface area is 126 Å². The first-order chi connectivity index (χ1) is 10.3. The second-order valence-electron chi connectivity index (χ2n) is 5.78. The summed E-state index contributed by atoms with van der Waals surface area (Å²) in [5.41, 5.74) is 1.61. The van der Waals surface area contributed by atoms with Crippen molar-refractivity contribution in [3.63, 3.8) is 0 Å². The fourth-order valence-corrected chi connectivity index (χ4v) is 2.96. The minimum Gasteiger partial charge on any atom is -0.395 e. The highest BCUT2D eigenvalue weighted by atomic mass is 16.3. The van der Waals surface area contributed by atoms with Crippen LogP contribution in [-0.2, 0) is 0 Å². The lowest BCUT2D eigenvalue weighted by atomic mass is 10.0. The lowest BCUT2D eigenvalue weighted by Crippen LogP contribution is -2.26. The zero-order chi connectivity index (χ0) is 14.9. The number of carbonyl (C=O) groups excluding carboxylic acids is 1. The maximum absolute atomic E-state index is 11.8. The van der Waals surface area contributed by atoms with Gasteiger partial charge in [-0.25, -0.2) is 0 Å². The van der Waals surface area contributed by atoms with Crippen LogP contribution in [0.4, 0.5) is 5.69 Å². The third-order valence-corrected chi connectivity index (χ3v) is 4.12. The van der Waals surface area contributed by atoms with E-state index in [2.05, 4.69) is 10.6 Å². The van der Waals surface area contributed by atoms with Crippen molar-refractivity contribution < 1.29 is 9.90 Å². The van der Waals surface area contributed by atoms with Crippen molar-refractivity contribution in [1.82, 2.24) is 5.32 Å². The van der Waals surface area contributed by atoms with Gasteiger partial charge in [0.1, 0.15) is 0 Å². The van der Waals surface area contributed by atoms with E-state index in [1.54, 1.807) is 6.07 Å². The van der Waals surface area contributed by atoms with E-state index >= 15 is 0 Å². The van der Waals surface area contributed by atoms with Gasteiger partial charge in [-0.15, -0.1) is 0 Å². The molecule has 1 aromatic rings. The number of carbonyl (C=O) groups is 1. The lowest BCUT2D eigenvalue weighted by Gasteiger charge is -2.11. The third kappa shape index (κ3) is 5.38. The van der Waals surface area contributed by atoms with E-state index in [0.717, 1.165) is 18.2 Å². The van der Waals surface area contributed by atoms with Crippen LogP contribution in [0.15, 0.2) is 24.3 Å². The fraction of sp³-hybridized carbons (Fsp3) is 0.588. The molecule has 1 saturated carbocycles. The first-order valence-corrected chi connectivity index (χ1v) is 8.02. The fourth-order valence-electron chi connectivity index (χ4n) is 2.96. The zero-order valence-corrected chi connectivity index (χ0v) is 12.6. The maximum atomic E-state index is 11.8. The molecule has 1 aliphatic carbocycles. The largest absolute Gasteiger partial charge is 0.395 e. The molecular formula is C17H26N2O2. The summed E-state index contributed by atoms with van der Waals surface area (Å²) in [5.74, 6) is 0.793. The Balaban J connectivity index is 1.73. The molecule has 0 saturated heterocycles. The molecule has 3 N–H and O–H groups in total. The van der Waals surface area contributed by atoms with Crippen LogP contribution in [0.25, 0.3) is 0 Å². The summed E-state index contributed by atoms with van der Waals surface area (Å²) in [4.78, 5) is 11.8. The summed E-state index contributed by atoms with van der Waals surface area (Å²) in [6.07, 6.45) is 8.11. The molecule has 116 valence electrons. The Morgan fingerprint density at radius 1 is 1.24 bits per heavy atom. The average molecular weight is 290 g/mol. The second-order valence-corrected chi connectivity index (χ2v) is 5.78. The van der Waals surface area contributed by atoms with Gasteiger partial charge >= 0.3 is 0 Å². The average Bonchev–Trinajstić information content (AvgIpc) is 3.03. The van der Waals surface area contributed by atoms with Crippen molar-refractivity contribution in [2.24, 2.45) is 5.92 Å². The Kier molecular flexibility index (Phi) is 6.54. The number of aliphatic hydroxyl groups is 1. The van der Waals surface area contributed by atoms with Gasteiger partial charge in [-0.05, 0) is 37.0 Å². The van der Waals surface area contributed by atoms with Crippen LogP contribution in [0.3, 0.4) is 0 Å². The number of hydrogen-bond donors (Lipinski definition) is 3. The molecule has 0 unspecified atom stereocenters. The van der Waals surface area contributed by atoms with E-state index in [4.69, 9.17) is 5.11 Å². The molecule has 2 rings (SSSR count). The number of anilines is 1. The van der Waals surface area contributed by atoms with Crippen LogP contribution < -0.4 is 10.6 Å². The minimum atomic E-state index is -0.140. The molecule has 1 aliphatic rings. The number of aliphatic hydroxyl groups excluding tert-OH is 1. The monoisotopic (exact) mass is 290 g/mol. The SMILES string of the molecule is O=C(NCCO)c1cccc(NCCCC2CCCC2)c1. The van der Waals surface area contributed by atoms with Gasteiger partial charge in [0, 0.05) is 24.3 Å². The van der Waals surface area contributed by atoms with E-state index < -0.39 is 0 Å². The summed E-state index contributed by atoms with van der Waals surface area (Å²) in [6, 6.07) is 7.52. The van der Waals surface area contributed by atoms with Gasteiger partial charge in [-0.3, -0.25) is 4.79 Å². The smallest absolute Gasteiger partial charge is 0.251 e. The number of hydrogen-bond acceptors (Lipinski definition) is 3. The van der Waals surface area contributed by atoms with Crippen molar-refractivity contribution in [1.29, 1.82) is 0 Å². The van der Waals surface area contributed by atoms with Gasteiger partial charge in [-0.2, -0.15) is 0 Å². The van der Waals surface area contributed by atoms with Gasteiger partial charge in [0.25, 0.3) is 5.91 Å². The summed E-state index contributed by atoms with van der Waals surface area (Å²) in [5, 5.41) is 14.8. The summed E-state index contributed by atoms with van der Waals surface area (Å²) >= 11 is 0. The predicted molar refractivity (Wildman–Crippen MR) is 85.5 cm³/mol. The molecule has 0 spiro atoms. The molecule has 4 heteroatoms. The first-order valence-electron chi connectivity index (χ1n) is 8.02. The molecule has 1 fully saturated rings. The van der Waals surface area contributed by atoms with Crippen molar-refractivity contribution in [3.8, 4) is 0 Å². The van der Waals surface area contributed by atoms with Gasteiger partial charge in [-0.1, -0.05) is 31.7 Å². The van der Waals surface area contributed by atoms with Crippen molar-refractivity contribution in [2.75, 3.05) is 25.0 Å². The van der Waals surface area contributed by atoms with E-state index in [1.165, 1.54) is 38.5 Å². The van der Waals surface area contributed by atoms with Crippen molar-refractivity contribution >= 4 is 11.6 Å². The molecule has 0 heterocycles. The predicted octanol–water partition coefficient (Wildman–Crippen LogP) is 2.79. The molecule has 1 amide bonds. The quantitative estimate of drug-likeness (QED) is 0.645. The summed E-state index contributed by atoms with van der Waals surface area (Å²) in [6.45, 7) is 1.21. The van der Waals surface area contributed by atoms with Crippen LogP contribution in [0, 0.1) is 5.92 Å². The van der Waals surface area contributed by atoms with E-state index in [1.807, 2.05) is 18.2 Å². The van der Waals surface area contributed by atoms with Gasteiger partial charge < -0.3 is 15.7 Å². The number of benzene rings is 1. The van der Waals surface area contributed by atoms with Crippen LogP contribution in [-0.4, -0.2) is 30.7 Å². The van der Waals surface area contributed by atoms with Crippen LogP contribution in [0.1, 0.15) is 48.9 Å². The Bertz CT molecular complexity index is 442. The molecule has 0 radical (unpaired) electrons. The summed E-state index contributed by atoms with van der Waals surface area (Å²) in [7, 11) is 0. The van der Waals surface area contributed by atoms with Crippen LogP contribution >= 0.6 is 0 Å². The summed E-state index contributed by atoms with van der Waals surface area (Å²) < 4.78 is 0. The molecule has 0 bridgehead atoms. The van der Waals surface area contributed by atoms with Gasteiger partial charge in [0.05, 0.1) is 6.61 Å². The lowest BCUT2D eigenvalue weighted by molar-refractivity contribution is 0.0945. The normalized spacial score (nSPS) is 15.1. The maximum Gasteiger partial charge on any atom is 0.251 e. The number of rotatable bonds is 8. The molecule has 21 heavy (non-hydrogen) atoms. The Morgan fingerprint density at radius 2 is 2.05 bits per heavy atom. The highest BCUT2D eigenvalue weighted by molar-refractivity contribution is 5.95. The molecule has 0 aromatic heterocycles. The van der Waals surface area contributed by atoms with Crippen molar-refractivity contribution in [3.05, 3.63) is 29.8 Å². The molecule has 4 nitrogen and oxygen atoms in total. The number of amides is 1. The topological polar surface area (TPSA) is 61.4 Å². The Morgan fingerprint density at radius 3 is 2.81 bits per heavy atom. The van der Waals surface area contributed by atoms with Crippen molar-refractivity contribution in [2.45, 2.75) is 38.5 Å². The van der Waals surface area contributed by atoms with Crippen LogP contribution in [0.2, 0.25) is 0 Å². The molecule has 0 atom stereocenters. The third-order valence-electron chi connectivity index (χ3n) is 4.12. The zero-order valence-electron chi connectivity index (χ0n) is 12.6. The van der Waals surface area contributed by atoms with Gasteiger partial charge in [0.15, 0.2) is 0 Å². The first kappa shape index (κ1) is 15.8. The second kappa shape index (κ2) is 8.67. The highest BCUT2D eigenvalue weighted by Gasteiger charge is 2.13. The van der Waals surface area contributed by atoms with E-state index in [-0.39, 0.29) is 19.1 Å². The highest BCUT2D eigenvalue weighted by Crippen LogP contribution is 2.28. The molecular weight excluding hydrogens is 264 g/mol. The van der Waals surface area contributed by atoms with E-state index in [9.17, 15) is 4.79 Å². The molecule has 1 aromatic carbocycles. The number of nitrogens with one attached hydrogen (secondary N) is 2. The standard InChI is InChI=1S/C17H26N2O2/c20-12-11-19-17(21)15-8-3-9-16(13-15)18-10-4-7-14-5-1-2-6-14/h3,8-9,13-14,18,20H,1-2,4-7,10-12H2,(H,19,21). The molecule has 0 aliphatic heterocycles. The van der Waals surface area contributed by atoms with Gasteiger partial charge in [0.2, 0.25) is 0 Å². The van der Waals surface area contributed by atoms with Crippen LogP contribution in [0.5, 0.6) is 0 Å². The van der Waals surface area contributed by atoms with E-state index in [0.29, 0.717) is 5.56 Å².